The highest BCUT2D eigenvalue weighted by molar-refractivity contribution is 5.59. The number of aryl methyl sites for hydroxylation is 1. The van der Waals surface area contributed by atoms with Crippen molar-refractivity contribution in [3.8, 4) is 11.3 Å². The Bertz CT molecular complexity index is 500. The zero-order valence-electron chi connectivity index (χ0n) is 13.1. The molecule has 0 fully saturated rings. The van der Waals surface area contributed by atoms with Gasteiger partial charge in [0, 0.05) is 12.0 Å². The molecular formula is C18H26O. The van der Waals surface area contributed by atoms with Crippen LogP contribution in [0.25, 0.3) is 11.3 Å². The average Bonchev–Trinajstić information content (AvgIpc) is 2.89. The number of benzene rings is 1. The van der Waals surface area contributed by atoms with Crippen molar-refractivity contribution < 1.29 is 4.42 Å². The first kappa shape index (κ1) is 15.6. The lowest BCUT2D eigenvalue weighted by Crippen LogP contribution is -2.10. The van der Waals surface area contributed by atoms with E-state index in [0.717, 1.165) is 23.5 Å². The van der Waals surface area contributed by atoms with E-state index in [1.165, 1.54) is 5.56 Å². The van der Waals surface area contributed by atoms with Gasteiger partial charge in [-0.3, -0.25) is 0 Å². The molecule has 104 valence electrons. The predicted octanol–water partition coefficient (Wildman–Crippen LogP) is 5.83. The molecule has 2 aromatic rings. The van der Waals surface area contributed by atoms with Gasteiger partial charge in [-0.2, -0.15) is 0 Å². The summed E-state index contributed by atoms with van der Waals surface area (Å²) in [5.41, 5.74) is 2.68. The fourth-order valence-corrected chi connectivity index (χ4v) is 1.86. The minimum absolute atomic E-state index is 0.177. The van der Waals surface area contributed by atoms with Crippen molar-refractivity contribution in [2.24, 2.45) is 0 Å². The van der Waals surface area contributed by atoms with Gasteiger partial charge in [0.15, 0.2) is 0 Å². The number of furan rings is 1. The monoisotopic (exact) mass is 258 g/mol. The summed E-state index contributed by atoms with van der Waals surface area (Å²) < 4.78 is 5.79. The van der Waals surface area contributed by atoms with Crippen molar-refractivity contribution in [1.82, 2.24) is 0 Å². The molecule has 0 unspecified atom stereocenters. The second kappa shape index (κ2) is 6.60. The van der Waals surface area contributed by atoms with Crippen LogP contribution in [0.15, 0.2) is 40.8 Å². The van der Waals surface area contributed by atoms with Crippen LogP contribution >= 0.6 is 0 Å². The molecule has 0 radical (unpaired) electrons. The molecule has 0 N–H and O–H groups in total. The Hall–Kier alpha value is -1.50. The molecule has 0 amide bonds. The molecule has 19 heavy (non-hydrogen) atoms. The summed E-state index contributed by atoms with van der Waals surface area (Å²) in [7, 11) is 0. The van der Waals surface area contributed by atoms with Gasteiger partial charge in [-0.15, -0.1) is 0 Å². The summed E-state index contributed by atoms with van der Waals surface area (Å²) >= 11 is 0. The highest BCUT2D eigenvalue weighted by atomic mass is 16.3. The Morgan fingerprint density at radius 2 is 1.68 bits per heavy atom. The lowest BCUT2D eigenvalue weighted by Gasteiger charge is -2.19. The highest BCUT2D eigenvalue weighted by Gasteiger charge is 2.14. The first-order valence-electron chi connectivity index (χ1n) is 7.20. The molecule has 0 saturated heterocycles. The summed E-state index contributed by atoms with van der Waals surface area (Å²) in [5, 5.41) is 0. The fraction of sp³-hybridized carbons (Fsp3) is 0.444. The van der Waals surface area contributed by atoms with Crippen LogP contribution in [0.5, 0.6) is 0 Å². The zero-order valence-corrected chi connectivity index (χ0v) is 13.1. The van der Waals surface area contributed by atoms with E-state index in [0.29, 0.717) is 0 Å². The van der Waals surface area contributed by atoms with Crippen molar-refractivity contribution in [2.45, 2.75) is 53.4 Å². The van der Waals surface area contributed by atoms with Crippen LogP contribution in [0.3, 0.4) is 0 Å². The number of hydrogen-bond donors (Lipinski definition) is 0. The largest absolute Gasteiger partial charge is 0.461 e. The van der Waals surface area contributed by atoms with E-state index in [4.69, 9.17) is 4.42 Å². The molecule has 0 atom stereocenters. The van der Waals surface area contributed by atoms with Gasteiger partial charge in [0.1, 0.15) is 11.5 Å². The standard InChI is InChI=1S/C16H20O.C2H6/c1-5-14-9-10-15(17-14)12-7-6-8-13(11-12)16(2,3)4;1-2/h6-11H,5H2,1-4H3;1-2H3. The maximum absolute atomic E-state index is 5.79. The average molecular weight is 258 g/mol. The quantitative estimate of drug-likeness (QED) is 0.660. The van der Waals surface area contributed by atoms with Crippen molar-refractivity contribution >= 4 is 0 Å². The molecule has 0 aliphatic rings. The van der Waals surface area contributed by atoms with Gasteiger partial charge < -0.3 is 4.42 Å². The Morgan fingerprint density at radius 3 is 2.21 bits per heavy atom. The van der Waals surface area contributed by atoms with Gasteiger partial charge >= 0.3 is 0 Å². The number of hydrogen-bond acceptors (Lipinski definition) is 1. The molecule has 0 bridgehead atoms. The zero-order chi connectivity index (χ0) is 14.5. The third kappa shape index (κ3) is 3.99. The molecule has 0 spiro atoms. The Kier molecular flexibility index (Phi) is 5.41. The smallest absolute Gasteiger partial charge is 0.134 e. The molecule has 1 heteroatoms. The van der Waals surface area contributed by atoms with E-state index < -0.39 is 0 Å². The fourth-order valence-electron chi connectivity index (χ4n) is 1.86. The van der Waals surface area contributed by atoms with Crippen LogP contribution in [-0.4, -0.2) is 0 Å². The second-order valence-electron chi connectivity index (χ2n) is 5.45. The predicted molar refractivity (Wildman–Crippen MR) is 83.6 cm³/mol. The Balaban J connectivity index is 0.000000861. The van der Waals surface area contributed by atoms with Gasteiger partial charge in [-0.1, -0.05) is 59.7 Å². The molecule has 0 aliphatic heterocycles. The van der Waals surface area contributed by atoms with Gasteiger partial charge in [0.05, 0.1) is 0 Å². The lowest BCUT2D eigenvalue weighted by atomic mass is 9.86. The van der Waals surface area contributed by atoms with E-state index in [9.17, 15) is 0 Å². The Labute approximate surface area is 117 Å². The molecule has 0 saturated carbocycles. The van der Waals surface area contributed by atoms with Crippen LogP contribution in [0.1, 0.15) is 52.9 Å². The molecule has 1 aromatic heterocycles. The van der Waals surface area contributed by atoms with E-state index in [2.05, 4.69) is 64.1 Å². The summed E-state index contributed by atoms with van der Waals surface area (Å²) in [6.45, 7) is 12.8. The van der Waals surface area contributed by atoms with Gasteiger partial charge in [-0.05, 0) is 29.2 Å². The van der Waals surface area contributed by atoms with E-state index in [1.807, 2.05) is 13.8 Å². The molecule has 0 aliphatic carbocycles. The SMILES string of the molecule is CC.CCc1ccc(-c2cccc(C(C)(C)C)c2)o1. The molecule has 1 heterocycles. The van der Waals surface area contributed by atoms with E-state index in [1.54, 1.807) is 0 Å². The van der Waals surface area contributed by atoms with E-state index >= 15 is 0 Å². The van der Waals surface area contributed by atoms with Crippen LogP contribution < -0.4 is 0 Å². The highest BCUT2D eigenvalue weighted by Crippen LogP contribution is 2.28. The van der Waals surface area contributed by atoms with Crippen molar-refractivity contribution in [1.29, 1.82) is 0 Å². The number of rotatable bonds is 2. The summed E-state index contributed by atoms with van der Waals surface area (Å²) in [5.74, 6) is 2.01. The van der Waals surface area contributed by atoms with E-state index in [-0.39, 0.29) is 5.41 Å². The summed E-state index contributed by atoms with van der Waals surface area (Å²) in [6.07, 6.45) is 0.943. The van der Waals surface area contributed by atoms with Crippen molar-refractivity contribution in [3.63, 3.8) is 0 Å². The van der Waals surface area contributed by atoms with Crippen molar-refractivity contribution in [2.75, 3.05) is 0 Å². The third-order valence-electron chi connectivity index (χ3n) is 3.02. The van der Waals surface area contributed by atoms with Crippen LogP contribution in [0.4, 0.5) is 0 Å². The van der Waals surface area contributed by atoms with Crippen molar-refractivity contribution in [3.05, 3.63) is 47.7 Å². The Morgan fingerprint density at radius 1 is 1.00 bits per heavy atom. The maximum atomic E-state index is 5.79. The van der Waals surface area contributed by atoms with Crippen LogP contribution in [-0.2, 0) is 11.8 Å². The minimum atomic E-state index is 0.177. The van der Waals surface area contributed by atoms with Crippen LogP contribution in [0, 0.1) is 0 Å². The molecular weight excluding hydrogens is 232 g/mol. The molecule has 1 aromatic carbocycles. The molecule has 2 rings (SSSR count). The third-order valence-corrected chi connectivity index (χ3v) is 3.02. The second-order valence-corrected chi connectivity index (χ2v) is 5.45. The summed E-state index contributed by atoms with van der Waals surface area (Å²) in [4.78, 5) is 0. The normalized spacial score (nSPS) is 10.8. The first-order valence-corrected chi connectivity index (χ1v) is 7.20. The van der Waals surface area contributed by atoms with Gasteiger partial charge in [-0.25, -0.2) is 0 Å². The van der Waals surface area contributed by atoms with Gasteiger partial charge in [0.25, 0.3) is 0 Å². The summed E-state index contributed by atoms with van der Waals surface area (Å²) in [6, 6.07) is 12.7. The van der Waals surface area contributed by atoms with Crippen LogP contribution in [0.2, 0.25) is 0 Å². The topological polar surface area (TPSA) is 13.1 Å². The lowest BCUT2D eigenvalue weighted by molar-refractivity contribution is 0.529. The van der Waals surface area contributed by atoms with Gasteiger partial charge in [0.2, 0.25) is 0 Å². The maximum Gasteiger partial charge on any atom is 0.134 e. The minimum Gasteiger partial charge on any atom is -0.461 e. The first-order chi connectivity index (χ1) is 9.00. The molecule has 1 nitrogen and oxygen atoms in total.